The smallest absolute Gasteiger partial charge is 0.305 e. The van der Waals surface area contributed by atoms with Crippen molar-refractivity contribution in [1.29, 1.82) is 0 Å². The molecule has 0 spiro atoms. The lowest BCUT2D eigenvalue weighted by molar-refractivity contribution is -0.157. The summed E-state index contributed by atoms with van der Waals surface area (Å²) in [6, 6.07) is 0.717. The zero-order chi connectivity index (χ0) is 25.2. The number of hydrogen-bond acceptors (Lipinski definition) is 4. The van der Waals surface area contributed by atoms with E-state index in [2.05, 4.69) is 28.8 Å². The molecule has 0 radical (unpaired) electrons. The summed E-state index contributed by atoms with van der Waals surface area (Å²) >= 11 is 0. The third-order valence-corrected chi connectivity index (χ3v) is 10.9. The Balaban J connectivity index is 1.26. The highest BCUT2D eigenvalue weighted by Gasteiger charge is 2.61. The summed E-state index contributed by atoms with van der Waals surface area (Å²) in [5.41, 5.74) is 0.468. The summed E-state index contributed by atoms with van der Waals surface area (Å²) in [5.74, 6) is 2.56. The van der Waals surface area contributed by atoms with E-state index in [1.165, 1.54) is 32.8 Å². The Morgan fingerprint density at radius 2 is 1.60 bits per heavy atom. The lowest BCUT2D eigenvalue weighted by Gasteiger charge is -2.61. The number of rotatable bonds is 9. The molecule has 6 heteroatoms. The molecule has 7 atom stereocenters. The fourth-order valence-corrected chi connectivity index (χ4v) is 8.84. The largest absolute Gasteiger partial charge is 0.469 e. The Kier molecular flexibility index (Phi) is 8.17. The van der Waals surface area contributed by atoms with Gasteiger partial charge in [0.1, 0.15) is 0 Å². The summed E-state index contributed by atoms with van der Waals surface area (Å²) in [6.07, 6.45) is 14.9. The van der Waals surface area contributed by atoms with Gasteiger partial charge in [-0.2, -0.15) is 0 Å². The lowest BCUT2D eigenvalue weighted by atomic mass is 9.47. The highest BCUT2D eigenvalue weighted by Crippen LogP contribution is 2.64. The number of ether oxygens (including phenoxy) is 1. The molecule has 35 heavy (non-hydrogen) atoms. The first-order chi connectivity index (χ1) is 16.7. The minimum absolute atomic E-state index is 0.134. The van der Waals surface area contributed by atoms with Gasteiger partial charge >= 0.3 is 5.97 Å². The van der Waals surface area contributed by atoms with E-state index in [9.17, 15) is 14.4 Å². The van der Waals surface area contributed by atoms with E-state index in [-0.39, 0.29) is 22.7 Å². The van der Waals surface area contributed by atoms with Gasteiger partial charge in [0, 0.05) is 38.4 Å². The lowest BCUT2D eigenvalue weighted by Crippen LogP contribution is -2.62. The van der Waals surface area contributed by atoms with Gasteiger partial charge in [0.05, 0.1) is 7.11 Å². The van der Waals surface area contributed by atoms with E-state index in [1.807, 2.05) is 7.05 Å². The molecule has 198 valence electrons. The number of methoxy groups -OCH3 is 1. The monoisotopic (exact) mass is 488 g/mol. The Hall–Kier alpha value is -1.59. The number of esters is 1. The molecule has 0 aromatic heterocycles. The van der Waals surface area contributed by atoms with Gasteiger partial charge in [-0.3, -0.25) is 14.4 Å². The number of carbonyl (C=O) groups is 3. The number of nitrogens with zero attached hydrogens (tertiary/aromatic N) is 1. The maximum Gasteiger partial charge on any atom is 0.305 e. The van der Waals surface area contributed by atoms with Gasteiger partial charge in [-0.15, -0.1) is 0 Å². The van der Waals surface area contributed by atoms with Gasteiger partial charge in [0.2, 0.25) is 11.8 Å². The maximum absolute atomic E-state index is 12.8. The second-order valence-corrected chi connectivity index (χ2v) is 12.6. The fourth-order valence-electron chi connectivity index (χ4n) is 8.84. The number of piperidine rings is 1. The first-order valence-electron chi connectivity index (χ1n) is 14.3. The Labute approximate surface area is 212 Å². The van der Waals surface area contributed by atoms with Crippen LogP contribution in [-0.2, 0) is 19.1 Å². The molecule has 0 aromatic carbocycles. The quantitative estimate of drug-likeness (QED) is 0.356. The molecule has 0 aromatic rings. The molecule has 1 aliphatic heterocycles. The molecule has 1 saturated heterocycles. The van der Waals surface area contributed by atoms with E-state index in [0.29, 0.717) is 49.1 Å². The Morgan fingerprint density at radius 3 is 2.34 bits per heavy atom. The second kappa shape index (κ2) is 10.8. The van der Waals surface area contributed by atoms with Crippen molar-refractivity contribution in [3.63, 3.8) is 0 Å². The van der Waals surface area contributed by atoms with Crippen molar-refractivity contribution in [2.24, 2.45) is 28.6 Å². The normalized spacial score (nSPS) is 38.3. The predicted molar refractivity (Wildman–Crippen MR) is 136 cm³/mol. The SMILES string of the molecule is COC(=O)CCCCCCCC(=O)NC1CC[C@H]2[C@@H]3CCC4N(C)C(=O)CC[C@]4(C)[C@@H]3CC[C@]12C. The van der Waals surface area contributed by atoms with E-state index in [1.54, 1.807) is 0 Å². The summed E-state index contributed by atoms with van der Waals surface area (Å²) in [6.45, 7) is 4.93. The van der Waals surface area contributed by atoms with Crippen LogP contribution >= 0.6 is 0 Å². The average Bonchev–Trinajstić information content (AvgIpc) is 3.17. The van der Waals surface area contributed by atoms with Crippen LogP contribution in [0.5, 0.6) is 0 Å². The van der Waals surface area contributed by atoms with Crippen LogP contribution < -0.4 is 5.32 Å². The summed E-state index contributed by atoms with van der Waals surface area (Å²) in [5, 5.41) is 3.46. The number of amides is 2. The van der Waals surface area contributed by atoms with Gasteiger partial charge in [-0.25, -0.2) is 0 Å². The predicted octanol–water partition coefficient (Wildman–Crippen LogP) is 5.24. The molecule has 3 saturated carbocycles. The average molecular weight is 489 g/mol. The number of fused-ring (bicyclic) bond motifs is 5. The van der Waals surface area contributed by atoms with Crippen LogP contribution in [0, 0.1) is 28.6 Å². The maximum atomic E-state index is 12.8. The Bertz CT molecular complexity index is 800. The number of likely N-dealkylation sites (tertiary alicyclic amines) is 1. The molecule has 4 aliphatic rings. The van der Waals surface area contributed by atoms with Gasteiger partial charge in [0.25, 0.3) is 0 Å². The third kappa shape index (κ3) is 5.13. The van der Waals surface area contributed by atoms with Crippen LogP contribution in [-0.4, -0.2) is 48.9 Å². The van der Waals surface area contributed by atoms with Gasteiger partial charge < -0.3 is 15.0 Å². The van der Waals surface area contributed by atoms with Crippen LogP contribution in [0.25, 0.3) is 0 Å². The minimum Gasteiger partial charge on any atom is -0.469 e. The van der Waals surface area contributed by atoms with Crippen molar-refractivity contribution in [2.75, 3.05) is 14.2 Å². The van der Waals surface area contributed by atoms with Crippen molar-refractivity contribution in [2.45, 2.75) is 122 Å². The van der Waals surface area contributed by atoms with Crippen molar-refractivity contribution in [1.82, 2.24) is 10.2 Å². The summed E-state index contributed by atoms with van der Waals surface area (Å²) in [4.78, 5) is 38.4. The number of nitrogens with one attached hydrogen (secondary N) is 1. The minimum atomic E-state index is -0.134. The zero-order valence-electron chi connectivity index (χ0n) is 22.6. The van der Waals surface area contributed by atoms with E-state index in [4.69, 9.17) is 0 Å². The van der Waals surface area contributed by atoms with E-state index < -0.39 is 0 Å². The molecule has 2 amide bonds. The first-order valence-corrected chi connectivity index (χ1v) is 14.3. The Morgan fingerprint density at radius 1 is 0.914 bits per heavy atom. The number of unbranched alkanes of at least 4 members (excludes halogenated alkanes) is 4. The molecule has 6 nitrogen and oxygen atoms in total. The van der Waals surface area contributed by atoms with Gasteiger partial charge in [0.15, 0.2) is 0 Å². The van der Waals surface area contributed by atoms with Gasteiger partial charge in [-0.05, 0) is 86.4 Å². The van der Waals surface area contributed by atoms with Crippen LogP contribution in [0.1, 0.15) is 110 Å². The van der Waals surface area contributed by atoms with Gasteiger partial charge in [-0.1, -0.05) is 33.1 Å². The van der Waals surface area contributed by atoms with Crippen LogP contribution in [0.2, 0.25) is 0 Å². The van der Waals surface area contributed by atoms with Crippen molar-refractivity contribution in [3.05, 3.63) is 0 Å². The molecule has 1 heterocycles. The molecular formula is C29H48N2O4. The zero-order valence-corrected chi connectivity index (χ0v) is 22.6. The van der Waals surface area contributed by atoms with Crippen molar-refractivity contribution >= 4 is 17.8 Å². The van der Waals surface area contributed by atoms with Crippen LogP contribution in [0.4, 0.5) is 0 Å². The van der Waals surface area contributed by atoms with Crippen molar-refractivity contribution in [3.8, 4) is 0 Å². The topological polar surface area (TPSA) is 75.7 Å². The summed E-state index contributed by atoms with van der Waals surface area (Å²) < 4.78 is 4.68. The van der Waals surface area contributed by atoms with E-state index in [0.717, 1.165) is 57.3 Å². The highest BCUT2D eigenvalue weighted by atomic mass is 16.5. The molecule has 0 bridgehead atoms. The van der Waals surface area contributed by atoms with E-state index >= 15 is 0 Å². The van der Waals surface area contributed by atoms with Crippen LogP contribution in [0.15, 0.2) is 0 Å². The third-order valence-electron chi connectivity index (χ3n) is 10.9. The molecule has 1 N–H and O–H groups in total. The summed E-state index contributed by atoms with van der Waals surface area (Å²) in [7, 11) is 3.46. The first kappa shape index (κ1) is 26.5. The molecule has 3 aliphatic carbocycles. The highest BCUT2D eigenvalue weighted by molar-refractivity contribution is 5.77. The molecular weight excluding hydrogens is 440 g/mol. The van der Waals surface area contributed by atoms with Crippen LogP contribution in [0.3, 0.4) is 0 Å². The number of carbonyl (C=O) groups excluding carboxylic acids is 3. The van der Waals surface area contributed by atoms with Crippen molar-refractivity contribution < 1.29 is 19.1 Å². The molecule has 4 rings (SSSR count). The second-order valence-electron chi connectivity index (χ2n) is 12.6. The fraction of sp³-hybridized carbons (Fsp3) is 0.897. The molecule has 4 fully saturated rings. The molecule has 2 unspecified atom stereocenters. The number of hydrogen-bond donors (Lipinski definition) is 1. The standard InChI is InChI=1S/C29H48N2O4/c1-28-18-16-22-20(12-15-24-29(22,2)19-17-26(33)31(24)3)21(28)13-14-23(28)30-25(32)10-8-6-5-7-9-11-27(34)35-4/h20-24H,5-19H2,1-4H3,(H,30,32)/t20-,21-,22+,23?,24?,28-,29+/m0/s1.